The zero-order valence-corrected chi connectivity index (χ0v) is 18.6. The Labute approximate surface area is 194 Å². The molecule has 2 aliphatic rings. The van der Waals surface area contributed by atoms with E-state index in [9.17, 15) is 5.11 Å². The van der Waals surface area contributed by atoms with Gasteiger partial charge >= 0.3 is 29.6 Å². The fraction of sp³-hybridized carbons (Fsp3) is 0.381. The first-order valence-corrected chi connectivity index (χ1v) is 9.66. The van der Waals surface area contributed by atoms with Crippen molar-refractivity contribution >= 4 is 0 Å². The maximum atomic E-state index is 15.3. The minimum atomic E-state index is -1.45. The van der Waals surface area contributed by atoms with Gasteiger partial charge in [0.2, 0.25) is 11.8 Å². The Morgan fingerprint density at radius 1 is 1.03 bits per heavy atom. The smallest absolute Gasteiger partial charge is 0.856 e. The molecule has 3 aromatic heterocycles. The van der Waals surface area contributed by atoms with Crippen LogP contribution in [0.1, 0.15) is 37.7 Å². The number of nitrogens with zero attached hydrogens (tertiary/aromatic N) is 3. The van der Waals surface area contributed by atoms with E-state index in [1.165, 1.54) is 18.7 Å². The average Bonchev–Trinajstić information content (AvgIpc) is 3.10. The largest absolute Gasteiger partial charge is 1.00 e. The van der Waals surface area contributed by atoms with Crippen LogP contribution >= 0.6 is 0 Å². The van der Waals surface area contributed by atoms with E-state index in [4.69, 9.17) is 14.0 Å². The summed E-state index contributed by atoms with van der Waals surface area (Å²) in [6.07, 6.45) is 6.78. The van der Waals surface area contributed by atoms with Crippen LogP contribution in [-0.4, -0.2) is 27.3 Å². The van der Waals surface area contributed by atoms with Crippen LogP contribution in [0, 0.1) is 0 Å². The molecule has 2 saturated carbocycles. The Bertz CT molecular complexity index is 1000. The number of pyridine rings is 2. The van der Waals surface area contributed by atoms with Gasteiger partial charge in [-0.1, -0.05) is 5.16 Å². The molecule has 3 aromatic rings. The molecule has 30 heavy (non-hydrogen) atoms. The van der Waals surface area contributed by atoms with Gasteiger partial charge in [-0.25, -0.2) is 14.4 Å². The molecule has 0 aliphatic heterocycles. The standard InChI is InChI=1S/C21H20FN3O4.Na/c22-21(14-6-7-23-20(8-14)27-15-2-1-3-15)10-16(11-21)28-19-5-4-13(12-24-19)17-9-18(26)25-29-17;/h4-9,12,15-16H,1-3,10-11H2,(H,25,26);/q;+1/p-1/t16-,21+;. The Morgan fingerprint density at radius 3 is 2.47 bits per heavy atom. The zero-order valence-electron chi connectivity index (χ0n) is 16.6. The second-order valence-electron chi connectivity index (χ2n) is 7.58. The van der Waals surface area contributed by atoms with Gasteiger partial charge in [-0.15, -0.1) is 0 Å². The van der Waals surface area contributed by atoms with Crippen molar-refractivity contribution in [3.05, 3.63) is 48.3 Å². The predicted molar refractivity (Wildman–Crippen MR) is 98.1 cm³/mol. The van der Waals surface area contributed by atoms with Crippen molar-refractivity contribution in [3.63, 3.8) is 0 Å². The minimum Gasteiger partial charge on any atom is -0.856 e. The maximum Gasteiger partial charge on any atom is 1.00 e. The number of aromatic nitrogens is 3. The van der Waals surface area contributed by atoms with Gasteiger partial charge in [-0.3, -0.25) is 0 Å². The molecular formula is C21H19FN3NaO4. The third-order valence-corrected chi connectivity index (χ3v) is 5.49. The zero-order chi connectivity index (χ0) is 19.8. The Morgan fingerprint density at radius 2 is 1.83 bits per heavy atom. The molecule has 0 aromatic carbocycles. The van der Waals surface area contributed by atoms with Crippen LogP contribution in [0.4, 0.5) is 4.39 Å². The monoisotopic (exact) mass is 419 g/mol. The Kier molecular flexibility index (Phi) is 5.99. The van der Waals surface area contributed by atoms with Crippen LogP contribution < -0.4 is 44.1 Å². The number of ether oxygens (including phenoxy) is 2. The molecule has 150 valence electrons. The van der Waals surface area contributed by atoms with E-state index >= 15 is 4.39 Å². The fourth-order valence-electron chi connectivity index (χ4n) is 3.55. The van der Waals surface area contributed by atoms with Crippen LogP contribution in [-0.2, 0) is 5.67 Å². The Balaban J connectivity index is 0.00000218. The van der Waals surface area contributed by atoms with E-state index in [2.05, 4.69) is 15.1 Å². The van der Waals surface area contributed by atoms with E-state index < -0.39 is 11.5 Å². The van der Waals surface area contributed by atoms with Gasteiger partial charge in [0.1, 0.15) is 17.9 Å². The molecular weight excluding hydrogens is 400 g/mol. The molecule has 0 saturated heterocycles. The summed E-state index contributed by atoms with van der Waals surface area (Å²) in [5.41, 5.74) is -0.254. The molecule has 0 N–H and O–H groups in total. The summed E-state index contributed by atoms with van der Waals surface area (Å²) in [6, 6.07) is 8.06. The van der Waals surface area contributed by atoms with Gasteiger partial charge in [0.25, 0.3) is 0 Å². The topological polar surface area (TPSA) is 93.3 Å². The molecule has 7 nitrogen and oxygen atoms in total. The first-order chi connectivity index (χ1) is 14.1. The number of halogens is 1. The molecule has 3 heterocycles. The van der Waals surface area contributed by atoms with Crippen LogP contribution in [0.25, 0.3) is 11.3 Å². The third-order valence-electron chi connectivity index (χ3n) is 5.49. The number of hydrogen-bond acceptors (Lipinski definition) is 7. The predicted octanol–water partition coefficient (Wildman–Crippen LogP) is 0.547. The summed E-state index contributed by atoms with van der Waals surface area (Å²) in [7, 11) is 0. The van der Waals surface area contributed by atoms with Crippen molar-refractivity contribution in [3.8, 4) is 29.0 Å². The third kappa shape index (κ3) is 4.31. The van der Waals surface area contributed by atoms with Gasteiger partial charge in [0.05, 0.1) is 0 Å². The average molecular weight is 419 g/mol. The molecule has 0 spiro atoms. The molecule has 2 aliphatic carbocycles. The normalized spacial score (nSPS) is 23.0. The van der Waals surface area contributed by atoms with Crippen molar-refractivity contribution in [1.29, 1.82) is 0 Å². The summed E-state index contributed by atoms with van der Waals surface area (Å²) in [5.74, 6) is 0.787. The number of alkyl halides is 1. The summed E-state index contributed by atoms with van der Waals surface area (Å²) in [6.45, 7) is 0. The van der Waals surface area contributed by atoms with E-state index in [1.54, 1.807) is 30.5 Å². The summed E-state index contributed by atoms with van der Waals surface area (Å²) < 4.78 is 31.7. The maximum absolute atomic E-state index is 15.3. The van der Waals surface area contributed by atoms with E-state index in [0.717, 1.165) is 12.8 Å². The van der Waals surface area contributed by atoms with Crippen LogP contribution in [0.15, 0.2) is 47.2 Å². The summed E-state index contributed by atoms with van der Waals surface area (Å²) in [5, 5.41) is 14.4. The van der Waals surface area contributed by atoms with Crippen molar-refractivity contribution < 1.29 is 53.1 Å². The van der Waals surface area contributed by atoms with E-state index in [0.29, 0.717) is 28.6 Å². The minimum absolute atomic E-state index is 0. The van der Waals surface area contributed by atoms with Gasteiger partial charge in [0, 0.05) is 48.8 Å². The summed E-state index contributed by atoms with van der Waals surface area (Å²) in [4.78, 5) is 8.40. The van der Waals surface area contributed by atoms with Gasteiger partial charge in [-0.2, -0.15) is 0 Å². The van der Waals surface area contributed by atoms with Gasteiger partial charge in [0.15, 0.2) is 5.76 Å². The Hall–Kier alpha value is -2.16. The molecule has 0 radical (unpaired) electrons. The van der Waals surface area contributed by atoms with Crippen molar-refractivity contribution in [2.75, 3.05) is 0 Å². The van der Waals surface area contributed by atoms with E-state index in [-0.39, 0.29) is 54.6 Å². The number of hydrogen-bond donors (Lipinski definition) is 0. The molecule has 0 amide bonds. The quantitative estimate of drug-likeness (QED) is 0.539. The molecule has 2 fully saturated rings. The SMILES string of the molecule is [Na+].[O-]c1cc(-c2ccc(O[C@H]3C[C@](F)(c4ccnc(OC5CCC5)c4)C3)nc2)on1. The first kappa shape index (κ1) is 21.1. The van der Waals surface area contributed by atoms with Crippen LogP contribution in [0.5, 0.6) is 17.6 Å². The number of rotatable bonds is 6. The van der Waals surface area contributed by atoms with Gasteiger partial charge < -0.3 is 19.1 Å². The molecule has 0 atom stereocenters. The second-order valence-corrected chi connectivity index (χ2v) is 7.58. The van der Waals surface area contributed by atoms with Crippen LogP contribution in [0.3, 0.4) is 0 Å². The van der Waals surface area contributed by atoms with E-state index in [1.807, 2.05) is 0 Å². The van der Waals surface area contributed by atoms with Crippen molar-refractivity contribution in [1.82, 2.24) is 15.1 Å². The fourth-order valence-corrected chi connectivity index (χ4v) is 3.55. The molecule has 0 unspecified atom stereocenters. The molecule has 5 rings (SSSR count). The second kappa shape index (κ2) is 8.53. The molecule has 0 bridgehead atoms. The summed E-state index contributed by atoms with van der Waals surface area (Å²) >= 11 is 0. The first-order valence-electron chi connectivity index (χ1n) is 9.66. The van der Waals surface area contributed by atoms with Crippen molar-refractivity contribution in [2.45, 2.75) is 50.0 Å². The van der Waals surface area contributed by atoms with Gasteiger partial charge in [-0.05, 0) is 43.0 Å². The molecule has 9 heteroatoms. The van der Waals surface area contributed by atoms with Crippen molar-refractivity contribution in [2.24, 2.45) is 0 Å². The van der Waals surface area contributed by atoms with Crippen LogP contribution in [0.2, 0.25) is 0 Å².